The number of hydrogen-bond donors (Lipinski definition) is 0. The average molecular weight is 1480 g/mol. The summed E-state index contributed by atoms with van der Waals surface area (Å²) in [4.78, 5) is 4.46. The summed E-state index contributed by atoms with van der Waals surface area (Å²) in [6.07, 6.45) is 8.34. The molecule has 0 spiro atoms. The Balaban J connectivity index is 0.000000643. The van der Waals surface area contributed by atoms with Crippen LogP contribution in [0.5, 0.6) is 0 Å². The van der Waals surface area contributed by atoms with Gasteiger partial charge in [-0.15, -0.1) is 11.3 Å². The number of para-hydroxylation sites is 2. The summed E-state index contributed by atoms with van der Waals surface area (Å²) in [5.41, 5.74) is 21.6. The van der Waals surface area contributed by atoms with Crippen LogP contribution >= 0.6 is 11.3 Å². The van der Waals surface area contributed by atoms with Gasteiger partial charge in [0.05, 0.1) is 23.4 Å². The Morgan fingerprint density at radius 3 is 1.11 bits per heavy atom. The van der Waals surface area contributed by atoms with Crippen molar-refractivity contribution in [3.05, 3.63) is 313 Å². The molecule has 0 saturated carbocycles. The van der Waals surface area contributed by atoms with Gasteiger partial charge in [-0.1, -0.05) is 296 Å². The van der Waals surface area contributed by atoms with Crippen LogP contribution < -0.4 is 22.8 Å². The Morgan fingerprint density at radius 1 is 0.266 bits per heavy atom. The van der Waals surface area contributed by atoms with E-state index in [0.29, 0.717) is 0 Å². The van der Waals surface area contributed by atoms with Crippen molar-refractivity contribution in [1.29, 1.82) is 0 Å². The quantitative estimate of drug-likeness (QED) is 0.158. The van der Waals surface area contributed by atoms with Crippen LogP contribution in [0.3, 0.4) is 0 Å². The Morgan fingerprint density at radius 2 is 0.624 bits per heavy atom. The number of fused-ring (bicyclic) bond motifs is 5. The van der Waals surface area contributed by atoms with E-state index in [1.807, 2.05) is 169 Å². The second-order valence-electron chi connectivity index (χ2n) is 22.9. The molecular weight excluding hydrogens is 1340 g/mol. The van der Waals surface area contributed by atoms with Crippen LogP contribution in [0.25, 0.3) is 110 Å². The number of aryl methyl sites for hydroxylation is 10. The lowest BCUT2D eigenvalue weighted by Crippen LogP contribution is -2.32. The molecule has 6 heterocycles. The third kappa shape index (κ3) is 26.8. The van der Waals surface area contributed by atoms with E-state index in [1.165, 1.54) is 132 Å². The molecule has 9 aromatic carbocycles. The van der Waals surface area contributed by atoms with Crippen molar-refractivity contribution < 1.29 is 22.8 Å². The van der Waals surface area contributed by atoms with Gasteiger partial charge in [-0.05, 0) is 150 Å². The highest BCUT2D eigenvalue weighted by Gasteiger charge is 2.20. The molecule has 15 rings (SSSR count). The largest absolute Gasteiger partial charge is 0.287 e. The predicted octanol–water partition coefficient (Wildman–Crippen LogP) is 27.9. The van der Waals surface area contributed by atoms with Gasteiger partial charge in [0.15, 0.2) is 24.1 Å². The topological polar surface area (TPSA) is 32.3 Å². The number of benzene rings is 9. The summed E-state index contributed by atoms with van der Waals surface area (Å²) in [6.45, 7) is 50.8. The van der Waals surface area contributed by atoms with E-state index in [-0.39, 0.29) is 0 Å². The van der Waals surface area contributed by atoms with Crippen molar-refractivity contribution in [2.24, 2.45) is 35.2 Å². The summed E-state index contributed by atoms with van der Waals surface area (Å²) in [7, 11) is 10.5. The maximum absolute atomic E-state index is 4.46. The highest BCUT2D eigenvalue weighted by Crippen LogP contribution is 2.33. The van der Waals surface area contributed by atoms with E-state index in [2.05, 4.69) is 363 Å². The smallest absolute Gasteiger partial charge is 0.232 e. The zero-order valence-corrected chi connectivity index (χ0v) is 73.5. The van der Waals surface area contributed by atoms with Crippen molar-refractivity contribution >= 4 is 64.8 Å². The predicted molar refractivity (Wildman–Crippen MR) is 486 cm³/mol. The summed E-state index contributed by atoms with van der Waals surface area (Å²) in [5, 5.41) is 11.1. The lowest BCUT2D eigenvalue weighted by Gasteiger charge is -2.08. The average Bonchev–Trinajstić information content (AvgIpc) is 1.40. The minimum absolute atomic E-state index is 1.04. The second kappa shape index (κ2) is 55.1. The van der Waals surface area contributed by atoms with E-state index in [9.17, 15) is 0 Å². The fourth-order valence-electron chi connectivity index (χ4n) is 12.0. The molecule has 0 unspecified atom stereocenters. The molecule has 0 radical (unpaired) electrons. The van der Waals surface area contributed by atoms with Crippen LogP contribution in [0.2, 0.25) is 0 Å². The second-order valence-corrected chi connectivity index (χ2v) is 23.8. The van der Waals surface area contributed by atoms with E-state index >= 15 is 0 Å². The lowest BCUT2D eigenvalue weighted by atomic mass is 10.00. The molecule has 0 amide bonds. The lowest BCUT2D eigenvalue weighted by molar-refractivity contribution is -0.662. The van der Waals surface area contributed by atoms with Crippen LogP contribution in [-0.4, -0.2) is 4.98 Å². The van der Waals surface area contributed by atoms with Gasteiger partial charge in [0.2, 0.25) is 28.3 Å². The number of pyridine rings is 4. The first kappa shape index (κ1) is 96.7. The van der Waals surface area contributed by atoms with E-state index < -0.39 is 0 Å². The van der Waals surface area contributed by atoms with E-state index in [4.69, 9.17) is 0 Å². The number of nitrogens with zero attached hydrogens (tertiary/aromatic N) is 6. The third-order valence-corrected chi connectivity index (χ3v) is 17.7. The van der Waals surface area contributed by atoms with Gasteiger partial charge in [-0.2, -0.15) is 9.13 Å². The molecule has 0 atom stereocenters. The van der Waals surface area contributed by atoms with Crippen molar-refractivity contribution in [2.75, 3.05) is 0 Å². The summed E-state index contributed by atoms with van der Waals surface area (Å²) < 4.78 is 12.3. The molecule has 0 aliphatic carbocycles. The van der Waals surface area contributed by atoms with Crippen LogP contribution in [0.15, 0.2) is 285 Å². The monoisotopic (exact) mass is 1480 g/mol. The van der Waals surface area contributed by atoms with Crippen LogP contribution in [0, 0.1) is 34.6 Å². The minimum atomic E-state index is 1.04. The van der Waals surface area contributed by atoms with Crippen molar-refractivity contribution in [2.45, 2.75) is 173 Å². The van der Waals surface area contributed by atoms with Gasteiger partial charge in [0.1, 0.15) is 38.6 Å². The molecular formula is C102H137N6S+5. The molecule has 576 valence electrons. The fourth-order valence-corrected chi connectivity index (χ4v) is 12.9. The molecule has 15 aromatic rings. The Kier molecular flexibility index (Phi) is 48.9. The van der Waals surface area contributed by atoms with Crippen LogP contribution in [0.4, 0.5) is 0 Å². The molecule has 109 heavy (non-hydrogen) atoms. The minimum Gasteiger partial charge on any atom is -0.232 e. The van der Waals surface area contributed by atoms with Crippen molar-refractivity contribution in [1.82, 2.24) is 4.98 Å². The summed E-state index contributed by atoms with van der Waals surface area (Å²) in [5.74, 6) is 0. The van der Waals surface area contributed by atoms with Gasteiger partial charge in [0, 0.05) is 68.7 Å². The molecule has 0 N–H and O–H groups in total. The van der Waals surface area contributed by atoms with Gasteiger partial charge in [-0.3, -0.25) is 0 Å². The first-order valence-electron chi connectivity index (χ1n) is 40.4. The van der Waals surface area contributed by atoms with Gasteiger partial charge < -0.3 is 0 Å². The molecule has 0 fully saturated rings. The molecule has 6 aromatic heterocycles. The molecule has 0 aliphatic rings. The van der Waals surface area contributed by atoms with Gasteiger partial charge >= 0.3 is 0 Å². The maximum Gasteiger partial charge on any atom is 0.287 e. The van der Waals surface area contributed by atoms with E-state index in [1.54, 1.807) is 0 Å². The number of rotatable bonds is 5. The zero-order valence-electron chi connectivity index (χ0n) is 72.7. The third-order valence-electron chi connectivity index (χ3n) is 16.8. The van der Waals surface area contributed by atoms with E-state index in [0.717, 1.165) is 5.52 Å². The Labute approximate surface area is 665 Å². The summed E-state index contributed by atoms with van der Waals surface area (Å²) >= 11 is 1.81. The molecule has 0 aliphatic heterocycles. The normalized spacial score (nSPS) is 9.38. The maximum atomic E-state index is 4.46. The Bertz CT molecular complexity index is 4820. The van der Waals surface area contributed by atoms with Crippen molar-refractivity contribution in [3.63, 3.8) is 0 Å². The summed E-state index contributed by atoms with van der Waals surface area (Å²) in [6, 6.07) is 89.5. The SMILES string of the molecule is CC.CC.CC.CC.CC.CC.CC.CC.CC.CC.Cc1ccccc1-c1c2ccccc2cc[n+]1C.Cc1ccccc1-c1c2ccccc2nc[n+]1C.Cc1ccccc1-c1c2sccc2cc[n+]1C.Cc1ccccc1-c1cc2ccccc2c[n+]1C.Cc1ccccc1-c1ccc2ccccc2[n+]1C. The first-order valence-corrected chi connectivity index (χ1v) is 41.3. The molecule has 0 saturated heterocycles. The number of hydrogen-bond acceptors (Lipinski definition) is 2. The van der Waals surface area contributed by atoms with Crippen molar-refractivity contribution in [3.8, 4) is 56.3 Å². The molecule has 6 nitrogen and oxygen atoms in total. The van der Waals surface area contributed by atoms with Gasteiger partial charge in [-0.25, -0.2) is 13.7 Å². The van der Waals surface area contributed by atoms with Crippen LogP contribution in [-0.2, 0) is 35.2 Å². The number of aromatic nitrogens is 6. The highest BCUT2D eigenvalue weighted by atomic mass is 32.1. The number of thiophene rings is 1. The molecule has 7 heteroatoms. The standard InChI is InChI=1S/3C17H16N.C16H15N2.C15H14NS.10C2H6/c1-13-7-3-6-10-16(13)17-11-14-8-4-5-9-15(14)12-18(17)2;1-13-7-3-5-9-15(13)17-16-10-6-4-8-14(16)11-12-18(17)2;1-13-7-3-5-9-15(13)17-12-11-14-8-4-6-10-16(14)18(17)2;1-12-7-3-4-8-13(12)16-14-9-5-6-10-15(14)17-11-18(16)2;1-11-5-3-4-6-13(11)14-15-12(8-10-17-15)7-9-16(14)2;10*1-2/h3*3-12H,1-2H3;3-11H,1-2H3;3-10H,1-2H3;10*1-2H3/q5*+1;;;;;;;;;;. The Hall–Kier alpha value is -10.3. The fraction of sp³-hybridized carbons (Fsp3) is 0.294. The van der Waals surface area contributed by atoms with Gasteiger partial charge in [0.25, 0.3) is 6.33 Å². The zero-order chi connectivity index (χ0) is 82.0. The molecule has 0 bridgehead atoms. The highest BCUT2D eigenvalue weighted by molar-refractivity contribution is 7.17. The van der Waals surface area contributed by atoms with Crippen LogP contribution in [0.1, 0.15) is 166 Å². The first-order chi connectivity index (χ1) is 53.3.